The molecule has 1 rings (SSSR count). The molecule has 0 unspecified atom stereocenters. The molecule has 0 aliphatic heterocycles. The Morgan fingerprint density at radius 2 is 1.88 bits per heavy atom. The Kier molecular flexibility index (Phi) is 13.1. The Bertz CT molecular complexity index is 889. The number of hydrogen-bond acceptors (Lipinski definition) is 4. The van der Waals surface area contributed by atoms with Crippen molar-refractivity contribution in [3.8, 4) is 0 Å². The lowest BCUT2D eigenvalue weighted by Gasteiger charge is -2.22. The largest absolute Gasteiger partial charge is 0.383 e. The third kappa shape index (κ3) is 11.0. The minimum atomic E-state index is -0.351. The highest BCUT2D eigenvalue weighted by Crippen LogP contribution is 2.13. The molecule has 186 valence electrons. The van der Waals surface area contributed by atoms with Crippen molar-refractivity contribution in [1.82, 2.24) is 10.2 Å². The summed E-state index contributed by atoms with van der Waals surface area (Å²) in [6.07, 6.45) is 7.63. The number of hydrogen-bond donors (Lipinski definition) is 3. The number of nitrogens with zero attached hydrogens (tertiary/aromatic N) is 2. The molecule has 1 aromatic carbocycles. The van der Waals surface area contributed by atoms with Crippen LogP contribution in [0.15, 0.2) is 53.2 Å². The van der Waals surface area contributed by atoms with Gasteiger partial charge in [-0.25, -0.2) is 9.38 Å². The maximum atomic E-state index is 13.1. The SMILES string of the molecule is CC(C)CCC(=O)N(CC/C=C/N=C(N)/C(=C\C(=N)c1ccc(F)cc1)C(C)C)CCNC=O. The van der Waals surface area contributed by atoms with E-state index in [0.717, 1.165) is 6.42 Å². The standard InChI is InChI=1S/C26H38FN5O2/c1-19(2)7-12-25(34)32(16-14-30-18-33)15-6-5-13-31-26(29)23(20(3)4)17-24(28)21-8-10-22(27)11-9-21/h5,8-11,13,17-20,28H,6-7,12,14-16H2,1-4H3,(H2,29,31)(H,30,33)/b13-5+,23-17-,28-24?. The molecule has 2 amide bonds. The molecule has 0 aromatic heterocycles. The molecule has 0 aliphatic rings. The molecular weight excluding hydrogens is 433 g/mol. The van der Waals surface area contributed by atoms with Crippen LogP contribution in [0.2, 0.25) is 0 Å². The summed E-state index contributed by atoms with van der Waals surface area (Å²) in [6.45, 7) is 9.48. The highest BCUT2D eigenvalue weighted by atomic mass is 19.1. The van der Waals surface area contributed by atoms with Crippen LogP contribution in [-0.4, -0.2) is 48.4 Å². The number of nitrogens with one attached hydrogen (secondary N) is 2. The number of carbonyl (C=O) groups excluding carboxylic acids is 2. The van der Waals surface area contributed by atoms with Crippen molar-refractivity contribution < 1.29 is 14.0 Å². The Labute approximate surface area is 202 Å². The lowest BCUT2D eigenvalue weighted by molar-refractivity contribution is -0.131. The molecule has 0 radical (unpaired) electrons. The fraction of sp³-hybridized carbons (Fsp3) is 0.462. The fourth-order valence-corrected chi connectivity index (χ4v) is 3.11. The Morgan fingerprint density at radius 1 is 1.21 bits per heavy atom. The van der Waals surface area contributed by atoms with E-state index in [4.69, 9.17) is 11.1 Å². The van der Waals surface area contributed by atoms with Crippen molar-refractivity contribution in [3.05, 3.63) is 59.6 Å². The van der Waals surface area contributed by atoms with Gasteiger partial charge in [-0.2, -0.15) is 0 Å². The molecule has 0 atom stereocenters. The van der Waals surface area contributed by atoms with Crippen molar-refractivity contribution in [1.29, 1.82) is 5.41 Å². The third-order valence-electron chi connectivity index (χ3n) is 5.16. The maximum Gasteiger partial charge on any atom is 0.222 e. The van der Waals surface area contributed by atoms with E-state index in [9.17, 15) is 14.0 Å². The second-order valence-electron chi connectivity index (χ2n) is 8.75. The third-order valence-corrected chi connectivity index (χ3v) is 5.16. The van der Waals surface area contributed by atoms with Crippen LogP contribution in [0.3, 0.4) is 0 Å². The van der Waals surface area contributed by atoms with Crippen LogP contribution in [0.1, 0.15) is 52.5 Å². The van der Waals surface area contributed by atoms with E-state index in [0.29, 0.717) is 61.8 Å². The van der Waals surface area contributed by atoms with Crippen molar-refractivity contribution in [2.45, 2.75) is 47.0 Å². The molecule has 1 aromatic rings. The first-order chi connectivity index (χ1) is 16.1. The first-order valence-electron chi connectivity index (χ1n) is 11.6. The lowest BCUT2D eigenvalue weighted by Crippen LogP contribution is -2.37. The van der Waals surface area contributed by atoms with Crippen molar-refractivity contribution in [3.63, 3.8) is 0 Å². The predicted octanol–water partition coefficient (Wildman–Crippen LogP) is 4.05. The molecular formula is C26H38FN5O2. The molecule has 0 aliphatic carbocycles. The summed E-state index contributed by atoms with van der Waals surface area (Å²) < 4.78 is 13.1. The van der Waals surface area contributed by atoms with Gasteiger partial charge in [0.25, 0.3) is 0 Å². The van der Waals surface area contributed by atoms with Crippen LogP contribution in [0, 0.1) is 23.1 Å². The molecule has 0 heterocycles. The summed E-state index contributed by atoms with van der Waals surface area (Å²) in [5.74, 6) is 0.512. The quantitative estimate of drug-likeness (QED) is 0.155. The van der Waals surface area contributed by atoms with Gasteiger partial charge < -0.3 is 21.4 Å². The van der Waals surface area contributed by atoms with Crippen LogP contribution >= 0.6 is 0 Å². The van der Waals surface area contributed by atoms with E-state index in [2.05, 4.69) is 24.2 Å². The average Bonchev–Trinajstić information content (AvgIpc) is 2.79. The lowest BCUT2D eigenvalue weighted by atomic mass is 9.98. The van der Waals surface area contributed by atoms with E-state index in [1.165, 1.54) is 12.1 Å². The molecule has 4 N–H and O–H groups in total. The van der Waals surface area contributed by atoms with Gasteiger partial charge in [0.1, 0.15) is 11.7 Å². The first kappa shape index (κ1) is 28.7. The number of amidine groups is 1. The van der Waals surface area contributed by atoms with E-state index in [-0.39, 0.29) is 23.4 Å². The van der Waals surface area contributed by atoms with Crippen LogP contribution < -0.4 is 11.1 Å². The number of rotatable bonds is 15. The Hall–Kier alpha value is -3.29. The summed E-state index contributed by atoms with van der Waals surface area (Å²) in [6, 6.07) is 5.74. The van der Waals surface area contributed by atoms with Gasteiger partial charge in [0.2, 0.25) is 12.3 Å². The monoisotopic (exact) mass is 471 g/mol. The number of carbonyl (C=O) groups is 2. The van der Waals surface area contributed by atoms with Crippen LogP contribution in [0.4, 0.5) is 4.39 Å². The molecule has 0 fully saturated rings. The van der Waals surface area contributed by atoms with Crippen molar-refractivity contribution >= 4 is 23.9 Å². The van der Waals surface area contributed by atoms with E-state index in [1.807, 2.05) is 19.9 Å². The van der Waals surface area contributed by atoms with E-state index >= 15 is 0 Å². The number of amides is 2. The van der Waals surface area contributed by atoms with Crippen LogP contribution in [-0.2, 0) is 9.59 Å². The average molecular weight is 472 g/mol. The molecule has 0 spiro atoms. The normalized spacial score (nSPS) is 12.4. The Morgan fingerprint density at radius 3 is 2.47 bits per heavy atom. The fourth-order valence-electron chi connectivity index (χ4n) is 3.11. The topological polar surface area (TPSA) is 112 Å². The number of benzene rings is 1. The van der Waals surface area contributed by atoms with Gasteiger partial charge >= 0.3 is 0 Å². The summed E-state index contributed by atoms with van der Waals surface area (Å²) in [5, 5.41) is 10.9. The molecule has 34 heavy (non-hydrogen) atoms. The van der Waals surface area contributed by atoms with E-state index in [1.54, 1.807) is 29.3 Å². The zero-order valence-corrected chi connectivity index (χ0v) is 20.7. The predicted molar refractivity (Wildman–Crippen MR) is 136 cm³/mol. The van der Waals surface area contributed by atoms with Gasteiger partial charge in [-0.15, -0.1) is 0 Å². The van der Waals surface area contributed by atoms with Gasteiger partial charge in [0, 0.05) is 32.3 Å². The van der Waals surface area contributed by atoms with Gasteiger partial charge in [0.15, 0.2) is 0 Å². The summed E-state index contributed by atoms with van der Waals surface area (Å²) in [4.78, 5) is 29.1. The number of halogens is 1. The van der Waals surface area contributed by atoms with Crippen LogP contribution in [0.5, 0.6) is 0 Å². The minimum absolute atomic E-state index is 0.0392. The van der Waals surface area contributed by atoms with Crippen LogP contribution in [0.25, 0.3) is 0 Å². The Balaban J connectivity index is 2.78. The van der Waals surface area contributed by atoms with Crippen molar-refractivity contribution in [2.24, 2.45) is 22.6 Å². The van der Waals surface area contributed by atoms with Crippen molar-refractivity contribution in [2.75, 3.05) is 19.6 Å². The minimum Gasteiger partial charge on any atom is -0.383 e. The number of allylic oxidation sites excluding steroid dienone is 1. The van der Waals surface area contributed by atoms with Gasteiger partial charge in [-0.05, 0) is 66.2 Å². The number of aliphatic imine (C=N–C) groups is 1. The summed E-state index contributed by atoms with van der Waals surface area (Å²) >= 11 is 0. The second-order valence-corrected chi connectivity index (χ2v) is 8.75. The summed E-state index contributed by atoms with van der Waals surface area (Å²) in [5.41, 5.74) is 7.71. The zero-order valence-electron chi connectivity index (χ0n) is 20.7. The van der Waals surface area contributed by atoms with Gasteiger partial charge in [-0.1, -0.05) is 33.8 Å². The summed E-state index contributed by atoms with van der Waals surface area (Å²) in [7, 11) is 0. The smallest absolute Gasteiger partial charge is 0.222 e. The highest BCUT2D eigenvalue weighted by Gasteiger charge is 2.13. The first-order valence-corrected chi connectivity index (χ1v) is 11.6. The molecule has 0 bridgehead atoms. The highest BCUT2D eigenvalue weighted by molar-refractivity contribution is 6.12. The van der Waals surface area contributed by atoms with Gasteiger partial charge in [0.05, 0.1) is 5.71 Å². The molecule has 8 heteroatoms. The second kappa shape index (κ2) is 15.5. The molecule has 0 saturated carbocycles. The molecule has 7 nitrogen and oxygen atoms in total. The molecule has 0 saturated heterocycles. The van der Waals surface area contributed by atoms with Gasteiger partial charge in [-0.3, -0.25) is 9.59 Å². The zero-order chi connectivity index (χ0) is 25.5. The van der Waals surface area contributed by atoms with E-state index < -0.39 is 0 Å². The maximum absolute atomic E-state index is 13.1. The number of nitrogens with two attached hydrogens (primary N) is 1.